The number of benzene rings is 2. The molecule has 0 spiro atoms. The Hall–Kier alpha value is -3.68. The predicted octanol–water partition coefficient (Wildman–Crippen LogP) is 2.73. The number of anilines is 1. The molecule has 8 heteroatoms. The van der Waals surface area contributed by atoms with Crippen molar-refractivity contribution in [1.82, 2.24) is 10.1 Å². The van der Waals surface area contributed by atoms with Crippen molar-refractivity contribution in [3.8, 4) is 17.1 Å². The van der Waals surface area contributed by atoms with E-state index in [-0.39, 0.29) is 18.7 Å². The maximum absolute atomic E-state index is 12.1. The molecule has 1 heterocycles. The highest BCUT2D eigenvalue weighted by atomic mass is 16.5. The number of carbonyl (C=O) groups excluding carboxylic acids is 2. The van der Waals surface area contributed by atoms with Crippen LogP contribution in [-0.4, -0.2) is 28.6 Å². The summed E-state index contributed by atoms with van der Waals surface area (Å²) in [5, 5.41) is 6.75. The second-order valence-corrected chi connectivity index (χ2v) is 6.36. The van der Waals surface area contributed by atoms with Gasteiger partial charge in [0, 0.05) is 24.1 Å². The number of aryl methyl sites for hydroxylation is 1. The smallest absolute Gasteiger partial charge is 0.227 e. The van der Waals surface area contributed by atoms with Crippen LogP contribution in [0.5, 0.6) is 5.75 Å². The number of rotatable bonds is 9. The third-order valence-electron chi connectivity index (χ3n) is 4.07. The first-order chi connectivity index (χ1) is 14.0. The average Bonchev–Trinajstić information content (AvgIpc) is 3.17. The van der Waals surface area contributed by atoms with Crippen LogP contribution in [0.4, 0.5) is 5.69 Å². The first kappa shape index (κ1) is 20.1. The number of hydrogen-bond acceptors (Lipinski definition) is 6. The molecule has 0 fully saturated rings. The Bertz CT molecular complexity index is 965. The van der Waals surface area contributed by atoms with Gasteiger partial charge in [0.1, 0.15) is 5.75 Å². The van der Waals surface area contributed by atoms with Crippen LogP contribution in [0.3, 0.4) is 0 Å². The number of amides is 2. The third kappa shape index (κ3) is 5.90. The van der Waals surface area contributed by atoms with Crippen molar-refractivity contribution < 1.29 is 18.8 Å². The van der Waals surface area contributed by atoms with Crippen LogP contribution in [0.1, 0.15) is 24.8 Å². The minimum absolute atomic E-state index is 0.169. The van der Waals surface area contributed by atoms with Crippen LogP contribution >= 0.6 is 0 Å². The van der Waals surface area contributed by atoms with Crippen molar-refractivity contribution in [3.63, 3.8) is 0 Å². The van der Waals surface area contributed by atoms with Gasteiger partial charge in [-0.1, -0.05) is 17.3 Å². The highest BCUT2D eigenvalue weighted by Gasteiger charge is 2.11. The molecular weight excluding hydrogens is 372 g/mol. The summed E-state index contributed by atoms with van der Waals surface area (Å²) in [6, 6.07) is 14.4. The van der Waals surface area contributed by atoms with Crippen LogP contribution in [0.15, 0.2) is 53.1 Å². The van der Waals surface area contributed by atoms with E-state index in [1.165, 1.54) is 0 Å². The number of hydrogen-bond donors (Lipinski definition) is 2. The second kappa shape index (κ2) is 9.50. The summed E-state index contributed by atoms with van der Waals surface area (Å²) in [7, 11) is 0. The van der Waals surface area contributed by atoms with Crippen LogP contribution < -0.4 is 15.8 Å². The van der Waals surface area contributed by atoms with Gasteiger partial charge >= 0.3 is 0 Å². The van der Waals surface area contributed by atoms with Gasteiger partial charge in [0.15, 0.2) is 0 Å². The maximum Gasteiger partial charge on any atom is 0.227 e. The number of aromatic nitrogens is 2. The number of nitrogens with two attached hydrogens (primary N) is 1. The Morgan fingerprint density at radius 2 is 1.83 bits per heavy atom. The molecular formula is C21H22N4O4. The number of primary amides is 1. The summed E-state index contributed by atoms with van der Waals surface area (Å²) in [5.41, 5.74) is 7.41. The Balaban J connectivity index is 1.51. The number of nitrogens with one attached hydrogen (secondary N) is 1. The van der Waals surface area contributed by atoms with E-state index in [1.807, 2.05) is 31.2 Å². The molecule has 8 nitrogen and oxygen atoms in total. The molecule has 0 saturated carbocycles. The molecule has 29 heavy (non-hydrogen) atoms. The zero-order valence-corrected chi connectivity index (χ0v) is 16.1. The molecule has 3 N–H and O–H groups in total. The highest BCUT2D eigenvalue weighted by Crippen LogP contribution is 2.20. The van der Waals surface area contributed by atoms with Crippen LogP contribution in [0, 0.1) is 0 Å². The molecule has 0 saturated heterocycles. The normalized spacial score (nSPS) is 10.5. The van der Waals surface area contributed by atoms with Crippen molar-refractivity contribution in [2.24, 2.45) is 5.73 Å². The largest absolute Gasteiger partial charge is 0.494 e. The second-order valence-electron chi connectivity index (χ2n) is 6.36. The first-order valence-electron chi connectivity index (χ1n) is 9.26. The minimum atomic E-state index is -0.397. The number of ether oxygens (including phenoxy) is 1. The van der Waals surface area contributed by atoms with Gasteiger partial charge in [-0.05, 0) is 48.9 Å². The summed E-state index contributed by atoms with van der Waals surface area (Å²) in [5.74, 6) is 1.06. The SMILES string of the molecule is CCOc1ccc(-c2noc(CCC(=O)Nc3ccc(CC(N)=O)cc3)n2)cc1. The van der Waals surface area contributed by atoms with E-state index in [4.69, 9.17) is 15.0 Å². The van der Waals surface area contributed by atoms with Crippen molar-refractivity contribution in [2.45, 2.75) is 26.2 Å². The van der Waals surface area contributed by atoms with Crippen LogP contribution in [0.25, 0.3) is 11.4 Å². The first-order valence-corrected chi connectivity index (χ1v) is 9.26. The zero-order valence-electron chi connectivity index (χ0n) is 16.1. The van der Waals surface area contributed by atoms with Crippen molar-refractivity contribution in [3.05, 3.63) is 60.0 Å². The predicted molar refractivity (Wildman–Crippen MR) is 107 cm³/mol. The quantitative estimate of drug-likeness (QED) is 0.576. The van der Waals surface area contributed by atoms with Gasteiger partial charge in [0.05, 0.1) is 13.0 Å². The lowest BCUT2D eigenvalue weighted by Crippen LogP contribution is -2.14. The molecule has 0 unspecified atom stereocenters. The maximum atomic E-state index is 12.1. The molecule has 0 radical (unpaired) electrons. The molecule has 0 aliphatic heterocycles. The average molecular weight is 394 g/mol. The van der Waals surface area contributed by atoms with Gasteiger partial charge in [-0.15, -0.1) is 0 Å². The van der Waals surface area contributed by atoms with E-state index >= 15 is 0 Å². The Kier molecular flexibility index (Phi) is 6.57. The molecule has 150 valence electrons. The summed E-state index contributed by atoms with van der Waals surface area (Å²) >= 11 is 0. The van der Waals surface area contributed by atoms with Gasteiger partial charge in [0.25, 0.3) is 0 Å². The summed E-state index contributed by atoms with van der Waals surface area (Å²) in [4.78, 5) is 27.4. The Labute approximate surface area is 168 Å². The number of nitrogens with zero attached hydrogens (tertiary/aromatic N) is 2. The van der Waals surface area contributed by atoms with E-state index in [1.54, 1.807) is 24.3 Å². The Morgan fingerprint density at radius 3 is 2.48 bits per heavy atom. The van der Waals surface area contributed by atoms with Crippen molar-refractivity contribution >= 4 is 17.5 Å². The third-order valence-corrected chi connectivity index (χ3v) is 4.07. The summed E-state index contributed by atoms with van der Waals surface area (Å²) in [6.45, 7) is 2.53. The lowest BCUT2D eigenvalue weighted by Gasteiger charge is -2.05. The van der Waals surface area contributed by atoms with Crippen LogP contribution in [0.2, 0.25) is 0 Å². The van der Waals surface area contributed by atoms with Crippen LogP contribution in [-0.2, 0) is 22.4 Å². The van der Waals surface area contributed by atoms with Crippen molar-refractivity contribution in [1.29, 1.82) is 0 Å². The lowest BCUT2D eigenvalue weighted by atomic mass is 10.1. The van der Waals surface area contributed by atoms with Gasteiger partial charge in [0.2, 0.25) is 23.5 Å². The molecule has 0 aliphatic carbocycles. The fraction of sp³-hybridized carbons (Fsp3) is 0.238. The molecule has 0 atom stereocenters. The summed E-state index contributed by atoms with van der Waals surface area (Å²) < 4.78 is 10.6. The summed E-state index contributed by atoms with van der Waals surface area (Å²) in [6.07, 6.45) is 0.700. The van der Waals surface area contributed by atoms with Gasteiger partial charge in [-0.25, -0.2) is 0 Å². The van der Waals surface area contributed by atoms with E-state index in [0.29, 0.717) is 30.4 Å². The van der Waals surface area contributed by atoms with Gasteiger partial charge < -0.3 is 20.3 Å². The topological polar surface area (TPSA) is 120 Å². The van der Waals surface area contributed by atoms with E-state index in [2.05, 4.69) is 15.5 Å². The molecule has 3 aromatic rings. The molecule has 1 aromatic heterocycles. The minimum Gasteiger partial charge on any atom is -0.494 e. The van der Waals surface area contributed by atoms with E-state index in [0.717, 1.165) is 16.9 Å². The number of carbonyl (C=O) groups is 2. The lowest BCUT2D eigenvalue weighted by molar-refractivity contribution is -0.117. The van der Waals surface area contributed by atoms with E-state index < -0.39 is 5.91 Å². The fourth-order valence-corrected chi connectivity index (χ4v) is 2.69. The monoisotopic (exact) mass is 394 g/mol. The zero-order chi connectivity index (χ0) is 20.6. The standard InChI is InChI=1S/C21H22N4O4/c1-2-28-17-9-5-15(6-10-17)21-24-20(29-25-21)12-11-19(27)23-16-7-3-14(4-8-16)13-18(22)26/h3-10H,2,11-13H2,1H3,(H2,22,26)(H,23,27). The molecule has 0 aliphatic rings. The Morgan fingerprint density at radius 1 is 1.10 bits per heavy atom. The van der Waals surface area contributed by atoms with E-state index in [9.17, 15) is 9.59 Å². The van der Waals surface area contributed by atoms with Crippen molar-refractivity contribution in [2.75, 3.05) is 11.9 Å². The molecule has 0 bridgehead atoms. The highest BCUT2D eigenvalue weighted by molar-refractivity contribution is 5.90. The molecule has 2 aromatic carbocycles. The molecule has 2 amide bonds. The van der Waals surface area contributed by atoms with Gasteiger partial charge in [-0.2, -0.15) is 4.98 Å². The van der Waals surface area contributed by atoms with Gasteiger partial charge in [-0.3, -0.25) is 9.59 Å². The fourth-order valence-electron chi connectivity index (χ4n) is 2.69. The molecule has 3 rings (SSSR count).